The summed E-state index contributed by atoms with van der Waals surface area (Å²) in [5.41, 5.74) is 0.368. The first kappa shape index (κ1) is 21.9. The number of imide groups is 1. The first-order valence-corrected chi connectivity index (χ1v) is 8.65. The lowest BCUT2D eigenvalue weighted by Gasteiger charge is -2.31. The fraction of sp³-hybridized carbons (Fsp3) is 0.529. The highest BCUT2D eigenvalue weighted by Crippen LogP contribution is 2.41. The third kappa shape index (κ3) is 4.06. The number of carboxylic acid groups (broad SMARTS) is 1. The van der Waals surface area contributed by atoms with E-state index in [0.717, 1.165) is 6.07 Å². The first-order chi connectivity index (χ1) is 12.7. The highest BCUT2D eigenvalue weighted by molar-refractivity contribution is 6.30. The van der Waals surface area contributed by atoms with E-state index in [0.29, 0.717) is 11.1 Å². The number of amides is 2. The van der Waals surface area contributed by atoms with Crippen LogP contribution in [0.2, 0.25) is 5.15 Å². The molecule has 1 saturated heterocycles. The highest BCUT2D eigenvalue weighted by atomic mass is 35.5. The van der Waals surface area contributed by atoms with E-state index in [9.17, 15) is 32.7 Å². The number of aromatic nitrogens is 1. The molecule has 1 aliphatic rings. The van der Waals surface area contributed by atoms with Crippen LogP contribution in [0.1, 0.15) is 33.3 Å². The molecule has 0 aliphatic carbocycles. The Hall–Kier alpha value is -2.36. The van der Waals surface area contributed by atoms with Gasteiger partial charge in [0.2, 0.25) is 0 Å². The number of halogens is 4. The van der Waals surface area contributed by atoms with E-state index in [2.05, 4.69) is 10.4 Å². The van der Waals surface area contributed by atoms with Crippen LogP contribution in [0, 0.1) is 23.2 Å². The topological polar surface area (TPSA) is 99.6 Å². The number of nitrogens with zero attached hydrogens (tertiary/aromatic N) is 2. The molecule has 1 aromatic rings. The fourth-order valence-corrected chi connectivity index (χ4v) is 3.52. The molecule has 1 aromatic heterocycles. The fourth-order valence-electron chi connectivity index (χ4n) is 3.26. The maximum absolute atomic E-state index is 12.8. The molecule has 3 unspecified atom stereocenters. The van der Waals surface area contributed by atoms with Crippen molar-refractivity contribution in [2.24, 2.45) is 23.2 Å². The Bertz CT molecular complexity index is 823. The lowest BCUT2D eigenvalue weighted by Crippen LogP contribution is -2.42. The lowest BCUT2D eigenvalue weighted by molar-refractivity contribution is -0.153. The molecule has 1 fully saturated rings. The highest BCUT2D eigenvalue weighted by Gasteiger charge is 2.54. The summed E-state index contributed by atoms with van der Waals surface area (Å²) >= 11 is 5.54. The molecular formula is C17H19ClF3N3O4. The zero-order valence-corrected chi connectivity index (χ0v) is 16.2. The van der Waals surface area contributed by atoms with Crippen LogP contribution in [0.25, 0.3) is 0 Å². The minimum absolute atomic E-state index is 0.254. The Morgan fingerprint density at radius 2 is 1.82 bits per heavy atom. The van der Waals surface area contributed by atoms with Crippen molar-refractivity contribution in [2.45, 2.75) is 33.9 Å². The smallest absolute Gasteiger partial charge is 0.419 e. The summed E-state index contributed by atoms with van der Waals surface area (Å²) < 4.78 is 38.3. The molecule has 2 N–H and O–H groups in total. The minimum Gasteiger partial charge on any atom is -0.481 e. The van der Waals surface area contributed by atoms with E-state index in [1.165, 1.54) is 6.92 Å². The van der Waals surface area contributed by atoms with Crippen molar-refractivity contribution < 1.29 is 32.7 Å². The van der Waals surface area contributed by atoms with Crippen LogP contribution in [0.5, 0.6) is 0 Å². The number of carbonyl (C=O) groups excluding carboxylic acids is 2. The summed E-state index contributed by atoms with van der Waals surface area (Å²) in [7, 11) is 0. The summed E-state index contributed by atoms with van der Waals surface area (Å²) in [4.78, 5) is 40.5. The number of pyridine rings is 1. The van der Waals surface area contributed by atoms with E-state index in [1.54, 1.807) is 20.8 Å². The third-order valence-corrected chi connectivity index (χ3v) is 4.88. The van der Waals surface area contributed by atoms with Crippen LogP contribution < -0.4 is 5.43 Å². The monoisotopic (exact) mass is 421 g/mol. The van der Waals surface area contributed by atoms with Crippen LogP contribution in [0.3, 0.4) is 0 Å². The van der Waals surface area contributed by atoms with Gasteiger partial charge in [0, 0.05) is 0 Å². The molecule has 0 saturated carbocycles. The predicted octanol–water partition coefficient (Wildman–Crippen LogP) is 3.45. The van der Waals surface area contributed by atoms with Gasteiger partial charge < -0.3 is 5.11 Å². The second-order valence-corrected chi connectivity index (χ2v) is 8.01. The number of nitrogens with one attached hydrogen (secondary N) is 1. The number of hydrazine groups is 1. The summed E-state index contributed by atoms with van der Waals surface area (Å²) in [5, 5.41) is 9.31. The largest absolute Gasteiger partial charge is 0.481 e. The Labute approximate surface area is 163 Å². The van der Waals surface area contributed by atoms with E-state index >= 15 is 0 Å². The normalized spacial score (nSPS) is 21.8. The van der Waals surface area contributed by atoms with Crippen LogP contribution in [0.4, 0.5) is 19.0 Å². The predicted molar refractivity (Wildman–Crippen MR) is 93.0 cm³/mol. The average Bonchev–Trinajstić information content (AvgIpc) is 2.70. The van der Waals surface area contributed by atoms with Crippen LogP contribution in [-0.2, 0) is 20.6 Å². The van der Waals surface area contributed by atoms with Crippen molar-refractivity contribution in [1.82, 2.24) is 9.99 Å². The molecule has 7 nitrogen and oxygen atoms in total. The number of anilines is 1. The molecular weight excluding hydrogens is 403 g/mol. The molecule has 1 aliphatic heterocycles. The van der Waals surface area contributed by atoms with Gasteiger partial charge in [0.25, 0.3) is 11.8 Å². The second-order valence-electron chi connectivity index (χ2n) is 7.65. The van der Waals surface area contributed by atoms with E-state index in [-0.39, 0.29) is 5.82 Å². The van der Waals surface area contributed by atoms with Gasteiger partial charge in [-0.25, -0.2) is 4.98 Å². The van der Waals surface area contributed by atoms with Gasteiger partial charge in [-0.2, -0.15) is 18.2 Å². The molecule has 0 spiro atoms. The minimum atomic E-state index is -4.71. The van der Waals surface area contributed by atoms with Gasteiger partial charge in [0.1, 0.15) is 11.0 Å². The molecule has 0 aromatic carbocycles. The molecule has 2 rings (SSSR count). The molecule has 0 bridgehead atoms. The van der Waals surface area contributed by atoms with Crippen LogP contribution >= 0.6 is 11.6 Å². The van der Waals surface area contributed by atoms with Crippen LogP contribution in [0.15, 0.2) is 12.1 Å². The zero-order valence-electron chi connectivity index (χ0n) is 15.5. The maximum Gasteiger partial charge on any atom is 0.419 e. The Morgan fingerprint density at radius 1 is 1.25 bits per heavy atom. The zero-order chi connectivity index (χ0) is 21.6. The molecule has 28 heavy (non-hydrogen) atoms. The van der Waals surface area contributed by atoms with Crippen molar-refractivity contribution >= 4 is 35.2 Å². The maximum atomic E-state index is 12.8. The molecule has 154 valence electrons. The number of aliphatic carboxylic acids is 1. The van der Waals surface area contributed by atoms with Gasteiger partial charge in [-0.3, -0.25) is 19.8 Å². The second kappa shape index (κ2) is 7.23. The molecule has 0 radical (unpaired) electrons. The van der Waals surface area contributed by atoms with Crippen molar-refractivity contribution in [3.05, 3.63) is 22.8 Å². The third-order valence-electron chi connectivity index (χ3n) is 4.59. The molecule has 11 heteroatoms. The van der Waals surface area contributed by atoms with E-state index < -0.39 is 57.8 Å². The van der Waals surface area contributed by atoms with Crippen molar-refractivity contribution in [2.75, 3.05) is 5.43 Å². The number of hydrogen-bond donors (Lipinski definition) is 2. The molecule has 2 heterocycles. The number of alkyl halides is 3. The number of rotatable bonds is 4. The van der Waals surface area contributed by atoms with E-state index in [4.69, 9.17) is 11.6 Å². The summed E-state index contributed by atoms with van der Waals surface area (Å²) in [6.45, 7) is 6.36. The van der Waals surface area contributed by atoms with Gasteiger partial charge in [0.05, 0.1) is 23.3 Å². The van der Waals surface area contributed by atoms with Gasteiger partial charge in [-0.1, -0.05) is 39.3 Å². The Morgan fingerprint density at radius 3 is 2.25 bits per heavy atom. The van der Waals surface area contributed by atoms with Crippen molar-refractivity contribution in [1.29, 1.82) is 0 Å². The van der Waals surface area contributed by atoms with Gasteiger partial charge >= 0.3 is 12.1 Å². The standard InChI is InChI=1S/C17H19ClF3N3O4/c1-7-10(11(15(27)28)16(2,3)4)14(26)24(13(7)25)23-9-6-5-8(12(18)22-9)17(19,20)21/h5-7,10-11H,1-4H3,(H,22,23)(H,27,28). The summed E-state index contributed by atoms with van der Waals surface area (Å²) in [5.74, 6) is -6.19. The molecule has 3 atom stereocenters. The number of carbonyl (C=O) groups is 3. The molecule has 2 amide bonds. The van der Waals surface area contributed by atoms with Crippen molar-refractivity contribution in [3.8, 4) is 0 Å². The van der Waals surface area contributed by atoms with Gasteiger partial charge in [-0.15, -0.1) is 0 Å². The first-order valence-electron chi connectivity index (χ1n) is 8.27. The van der Waals surface area contributed by atoms with Gasteiger partial charge in [0.15, 0.2) is 0 Å². The Balaban J connectivity index is 2.33. The SMILES string of the molecule is CC1C(=O)N(Nc2ccc(C(F)(F)F)c(Cl)n2)C(=O)C1C(C(=O)O)C(C)(C)C. The number of carboxylic acids is 1. The van der Waals surface area contributed by atoms with Crippen LogP contribution in [-0.4, -0.2) is 32.9 Å². The number of hydrogen-bond acceptors (Lipinski definition) is 5. The quantitative estimate of drug-likeness (QED) is 0.570. The van der Waals surface area contributed by atoms with Gasteiger partial charge in [-0.05, 0) is 17.5 Å². The average molecular weight is 422 g/mol. The Kier molecular flexibility index (Phi) is 5.66. The van der Waals surface area contributed by atoms with Crippen molar-refractivity contribution in [3.63, 3.8) is 0 Å². The lowest BCUT2D eigenvalue weighted by atomic mass is 9.70. The van der Waals surface area contributed by atoms with E-state index in [1.807, 2.05) is 0 Å². The summed E-state index contributed by atoms with van der Waals surface area (Å²) in [6.07, 6.45) is -4.71. The summed E-state index contributed by atoms with van der Waals surface area (Å²) in [6, 6.07) is 1.59.